The molecule has 6 heteroatoms. The molecule has 0 bridgehead atoms. The summed E-state index contributed by atoms with van der Waals surface area (Å²) in [5.41, 5.74) is 0.948. The van der Waals surface area contributed by atoms with Crippen LogP contribution in [0, 0.1) is 0 Å². The first-order valence-corrected chi connectivity index (χ1v) is 11.6. The van der Waals surface area contributed by atoms with Crippen LogP contribution in [0.5, 0.6) is 0 Å². The summed E-state index contributed by atoms with van der Waals surface area (Å²) in [5.74, 6) is 0. The molecule has 0 aliphatic carbocycles. The number of hydrogen-bond acceptors (Lipinski definition) is 4. The third-order valence-corrected chi connectivity index (χ3v) is 7.98. The Morgan fingerprint density at radius 3 is 2.78 bits per heavy atom. The minimum absolute atomic E-state index is 0.107. The standard InChI is InChI=1S/C12H18N2OS2Si/c1-5-14-11(15)10-9(6-7-16-10)13-12(14)17-8-18(2,3)4/h6-7H,5,8H2,1-4H3. The molecule has 2 aromatic rings. The molecular formula is C12H18N2OS2Si. The lowest BCUT2D eigenvalue weighted by atomic mass is 10.5. The Balaban J connectivity index is 2.45. The summed E-state index contributed by atoms with van der Waals surface area (Å²) >= 11 is 3.21. The third kappa shape index (κ3) is 2.87. The Bertz CT molecular complexity index is 613. The van der Waals surface area contributed by atoms with Crippen LogP contribution in [0.1, 0.15) is 6.92 Å². The van der Waals surface area contributed by atoms with E-state index in [1.807, 2.05) is 18.4 Å². The highest BCUT2D eigenvalue weighted by atomic mass is 32.2. The van der Waals surface area contributed by atoms with E-state index in [-0.39, 0.29) is 5.56 Å². The summed E-state index contributed by atoms with van der Waals surface area (Å²) in [5, 5.41) is 3.90. The number of fused-ring (bicyclic) bond motifs is 1. The molecular weight excluding hydrogens is 280 g/mol. The van der Waals surface area contributed by atoms with E-state index in [9.17, 15) is 4.79 Å². The summed E-state index contributed by atoms with van der Waals surface area (Å²) in [6.07, 6.45) is 0. The second-order valence-electron chi connectivity index (χ2n) is 5.43. The van der Waals surface area contributed by atoms with Crippen molar-refractivity contribution in [3.8, 4) is 0 Å². The molecule has 0 atom stereocenters. The van der Waals surface area contributed by atoms with Crippen molar-refractivity contribution in [2.75, 3.05) is 5.38 Å². The van der Waals surface area contributed by atoms with Crippen LogP contribution in [0.15, 0.2) is 21.4 Å². The molecule has 0 aromatic carbocycles. The van der Waals surface area contributed by atoms with Crippen molar-refractivity contribution < 1.29 is 0 Å². The predicted molar refractivity (Wildman–Crippen MR) is 83.6 cm³/mol. The molecule has 0 amide bonds. The Hall–Kier alpha value is -0.593. The van der Waals surface area contributed by atoms with Gasteiger partial charge in [-0.15, -0.1) is 11.3 Å². The molecule has 0 unspecified atom stereocenters. The molecule has 0 N–H and O–H groups in total. The van der Waals surface area contributed by atoms with E-state index in [1.165, 1.54) is 11.3 Å². The van der Waals surface area contributed by atoms with Gasteiger partial charge in [-0.05, 0) is 23.7 Å². The largest absolute Gasteiger partial charge is 0.287 e. The fourth-order valence-corrected chi connectivity index (χ4v) is 5.15. The van der Waals surface area contributed by atoms with Gasteiger partial charge in [-0.3, -0.25) is 9.36 Å². The smallest absolute Gasteiger partial charge is 0.272 e. The Morgan fingerprint density at radius 1 is 1.44 bits per heavy atom. The highest BCUT2D eigenvalue weighted by molar-refractivity contribution is 8.00. The Kier molecular flexibility index (Phi) is 3.98. The average Bonchev–Trinajstić information content (AvgIpc) is 2.74. The van der Waals surface area contributed by atoms with E-state index in [4.69, 9.17) is 0 Å². The van der Waals surface area contributed by atoms with Crippen LogP contribution in [0.2, 0.25) is 19.6 Å². The Labute approximate surface area is 116 Å². The number of thioether (sulfide) groups is 1. The van der Waals surface area contributed by atoms with E-state index < -0.39 is 8.07 Å². The number of nitrogens with zero attached hydrogens (tertiary/aromatic N) is 2. The second kappa shape index (κ2) is 5.18. The molecule has 3 nitrogen and oxygen atoms in total. The number of rotatable bonds is 4. The maximum atomic E-state index is 12.3. The van der Waals surface area contributed by atoms with Crippen molar-refractivity contribution in [1.29, 1.82) is 0 Å². The zero-order valence-corrected chi connectivity index (χ0v) is 13.8. The van der Waals surface area contributed by atoms with Crippen molar-refractivity contribution in [3.63, 3.8) is 0 Å². The fourth-order valence-electron chi connectivity index (χ4n) is 1.59. The van der Waals surface area contributed by atoms with Crippen molar-refractivity contribution in [2.45, 2.75) is 38.3 Å². The van der Waals surface area contributed by atoms with E-state index in [0.29, 0.717) is 6.54 Å². The van der Waals surface area contributed by atoms with Crippen molar-refractivity contribution >= 4 is 41.4 Å². The van der Waals surface area contributed by atoms with Crippen LogP contribution < -0.4 is 5.56 Å². The van der Waals surface area contributed by atoms with Gasteiger partial charge in [0, 0.05) is 6.54 Å². The lowest BCUT2D eigenvalue weighted by molar-refractivity contribution is 0.636. The van der Waals surface area contributed by atoms with Gasteiger partial charge in [-0.1, -0.05) is 31.4 Å². The highest BCUT2D eigenvalue weighted by Crippen LogP contribution is 2.23. The Morgan fingerprint density at radius 2 is 2.17 bits per heavy atom. The monoisotopic (exact) mass is 298 g/mol. The first kappa shape index (κ1) is 13.8. The quantitative estimate of drug-likeness (QED) is 0.493. The van der Waals surface area contributed by atoms with Crippen LogP contribution in [0.4, 0.5) is 0 Å². The van der Waals surface area contributed by atoms with Crippen molar-refractivity contribution in [3.05, 3.63) is 21.8 Å². The molecule has 18 heavy (non-hydrogen) atoms. The summed E-state index contributed by atoms with van der Waals surface area (Å²) in [4.78, 5) is 16.9. The molecule has 0 aliphatic rings. The first-order chi connectivity index (χ1) is 8.42. The van der Waals surface area contributed by atoms with Crippen LogP contribution in [-0.4, -0.2) is 23.0 Å². The van der Waals surface area contributed by atoms with Gasteiger partial charge in [0.1, 0.15) is 4.70 Å². The third-order valence-electron chi connectivity index (χ3n) is 2.48. The van der Waals surface area contributed by atoms with Crippen LogP contribution in [0.25, 0.3) is 10.2 Å². The molecule has 0 saturated heterocycles. The fraction of sp³-hybridized carbons (Fsp3) is 0.500. The molecule has 0 radical (unpaired) electrons. The van der Waals surface area contributed by atoms with E-state index >= 15 is 0 Å². The minimum atomic E-state index is -1.13. The van der Waals surface area contributed by atoms with Gasteiger partial charge in [0.25, 0.3) is 5.56 Å². The van der Waals surface area contributed by atoms with Gasteiger partial charge >= 0.3 is 0 Å². The predicted octanol–water partition coefficient (Wildman–Crippen LogP) is 3.45. The van der Waals surface area contributed by atoms with Crippen molar-refractivity contribution in [2.24, 2.45) is 0 Å². The maximum Gasteiger partial charge on any atom is 0.272 e. The van der Waals surface area contributed by atoms with E-state index in [1.54, 1.807) is 16.3 Å². The molecule has 0 saturated carbocycles. The molecule has 98 valence electrons. The lowest BCUT2D eigenvalue weighted by Crippen LogP contribution is -2.26. The van der Waals surface area contributed by atoms with Gasteiger partial charge < -0.3 is 0 Å². The molecule has 2 heterocycles. The normalized spacial score (nSPS) is 12.2. The molecule has 0 spiro atoms. The van der Waals surface area contributed by atoms with E-state index in [2.05, 4.69) is 24.6 Å². The van der Waals surface area contributed by atoms with Gasteiger partial charge in [-0.25, -0.2) is 4.98 Å². The van der Waals surface area contributed by atoms with Crippen LogP contribution in [-0.2, 0) is 6.54 Å². The van der Waals surface area contributed by atoms with Gasteiger partial charge in [0.15, 0.2) is 5.16 Å². The summed E-state index contributed by atoms with van der Waals surface area (Å²) < 4.78 is 2.57. The minimum Gasteiger partial charge on any atom is -0.287 e. The molecule has 0 fully saturated rings. The summed E-state index contributed by atoms with van der Waals surface area (Å²) in [6, 6.07) is 1.93. The van der Waals surface area contributed by atoms with Crippen LogP contribution >= 0.6 is 23.1 Å². The molecule has 0 aliphatic heterocycles. The van der Waals surface area contributed by atoms with Crippen LogP contribution in [0.3, 0.4) is 0 Å². The zero-order valence-electron chi connectivity index (χ0n) is 11.2. The second-order valence-corrected chi connectivity index (χ2v) is 13.3. The SMILES string of the molecule is CCn1c(SC[Si](C)(C)C)nc2ccsc2c1=O. The zero-order chi connectivity index (χ0) is 13.3. The van der Waals surface area contributed by atoms with Crippen molar-refractivity contribution in [1.82, 2.24) is 9.55 Å². The summed E-state index contributed by atoms with van der Waals surface area (Å²) in [7, 11) is -1.13. The summed E-state index contributed by atoms with van der Waals surface area (Å²) in [6.45, 7) is 9.68. The maximum absolute atomic E-state index is 12.3. The topological polar surface area (TPSA) is 34.9 Å². The number of hydrogen-bond donors (Lipinski definition) is 0. The lowest BCUT2D eigenvalue weighted by Gasteiger charge is -2.16. The molecule has 2 aromatic heterocycles. The van der Waals surface area contributed by atoms with Gasteiger partial charge in [0.05, 0.1) is 13.6 Å². The first-order valence-electron chi connectivity index (χ1n) is 6.03. The molecule has 2 rings (SSSR count). The number of thiophene rings is 1. The highest BCUT2D eigenvalue weighted by Gasteiger charge is 2.17. The number of aromatic nitrogens is 2. The van der Waals surface area contributed by atoms with Gasteiger partial charge in [0.2, 0.25) is 0 Å². The average molecular weight is 299 g/mol. The van der Waals surface area contributed by atoms with E-state index in [0.717, 1.165) is 20.7 Å². The van der Waals surface area contributed by atoms with Gasteiger partial charge in [-0.2, -0.15) is 0 Å².